The van der Waals surface area contributed by atoms with Crippen molar-refractivity contribution in [2.45, 2.75) is 118 Å². The highest BCUT2D eigenvalue weighted by molar-refractivity contribution is 8.77. The summed E-state index contributed by atoms with van der Waals surface area (Å²) >= 11 is 0. The molecule has 0 rings (SSSR count). The standard InChI is InChI=1S/C23H52N5O2PS2/c1-17(2)27(18(3)4)31(28(19(5)6)20(7)8)30-22(9,10)15-29-16-23(11,12)33-32-14-13-26-21(24)25/h17-20H,13-16H2,1-12H3,(H4,24,25,26). The molecule has 4 N–H and O–H groups in total. The van der Waals surface area contributed by atoms with Crippen LogP contribution in [0.1, 0.15) is 83.1 Å². The fraction of sp³-hybridized carbons (Fsp3) is 0.957. The Bertz CT molecular complexity index is 535. The monoisotopic (exact) mass is 525 g/mol. The molecule has 0 bridgehead atoms. The summed E-state index contributed by atoms with van der Waals surface area (Å²) in [4.78, 5) is 4.03. The van der Waals surface area contributed by atoms with E-state index < -0.39 is 14.1 Å². The van der Waals surface area contributed by atoms with Gasteiger partial charge in [-0.3, -0.25) is 4.99 Å². The van der Waals surface area contributed by atoms with Crippen molar-refractivity contribution in [2.75, 3.05) is 25.5 Å². The molecular formula is C23H52N5O2PS2. The summed E-state index contributed by atoms with van der Waals surface area (Å²) in [5.41, 5.74) is 10.4. The smallest absolute Gasteiger partial charge is 0.189 e. The number of guanidine groups is 1. The normalized spacial score (nSPS) is 13.5. The molecule has 33 heavy (non-hydrogen) atoms. The maximum atomic E-state index is 6.90. The van der Waals surface area contributed by atoms with Gasteiger partial charge in [0.05, 0.1) is 25.4 Å². The molecule has 0 aromatic carbocycles. The van der Waals surface area contributed by atoms with Crippen molar-refractivity contribution in [3.63, 3.8) is 0 Å². The van der Waals surface area contributed by atoms with Gasteiger partial charge in [0.15, 0.2) is 14.4 Å². The molecule has 0 aromatic heterocycles. The Morgan fingerprint density at radius 2 is 1.30 bits per heavy atom. The lowest BCUT2D eigenvalue weighted by molar-refractivity contribution is -0.0139. The molecule has 0 fully saturated rings. The predicted octanol–water partition coefficient (Wildman–Crippen LogP) is 5.70. The quantitative estimate of drug-likeness (QED) is 0.0822. The van der Waals surface area contributed by atoms with Gasteiger partial charge in [0, 0.05) is 34.7 Å². The van der Waals surface area contributed by atoms with E-state index >= 15 is 0 Å². The van der Waals surface area contributed by atoms with E-state index in [9.17, 15) is 0 Å². The van der Waals surface area contributed by atoms with Crippen molar-refractivity contribution in [1.29, 1.82) is 0 Å². The van der Waals surface area contributed by atoms with E-state index in [2.05, 4.69) is 97.4 Å². The van der Waals surface area contributed by atoms with E-state index in [4.69, 9.17) is 20.7 Å². The molecule has 0 aromatic rings. The maximum absolute atomic E-state index is 6.90. The largest absolute Gasteiger partial charge is 0.377 e. The van der Waals surface area contributed by atoms with Gasteiger partial charge < -0.3 is 20.7 Å². The number of hydrogen-bond donors (Lipinski definition) is 2. The van der Waals surface area contributed by atoms with Crippen LogP contribution in [-0.4, -0.2) is 75.3 Å². The molecule has 198 valence electrons. The second kappa shape index (κ2) is 15.4. The van der Waals surface area contributed by atoms with E-state index in [0.717, 1.165) is 5.75 Å². The number of hydrogen-bond acceptors (Lipinski definition) is 7. The molecule has 0 saturated carbocycles. The number of nitrogens with zero attached hydrogens (tertiary/aromatic N) is 3. The van der Waals surface area contributed by atoms with E-state index in [0.29, 0.717) is 43.9 Å². The Hall–Kier alpha value is 0.240. The summed E-state index contributed by atoms with van der Waals surface area (Å²) in [7, 11) is 2.62. The highest BCUT2D eigenvalue weighted by Crippen LogP contribution is 2.53. The summed E-state index contributed by atoms with van der Waals surface area (Å²) in [5.74, 6) is 1.01. The lowest BCUT2D eigenvalue weighted by atomic mass is 10.1. The minimum Gasteiger partial charge on any atom is -0.377 e. The summed E-state index contributed by atoms with van der Waals surface area (Å²) in [6.07, 6.45) is 0. The third-order valence-corrected chi connectivity index (χ3v) is 11.0. The molecule has 0 amide bonds. The molecule has 0 atom stereocenters. The van der Waals surface area contributed by atoms with Crippen LogP contribution in [0.15, 0.2) is 4.99 Å². The average Bonchev–Trinajstić information content (AvgIpc) is 2.58. The van der Waals surface area contributed by atoms with Crippen LogP contribution in [0.4, 0.5) is 0 Å². The molecule has 7 nitrogen and oxygen atoms in total. The second-order valence-corrected chi connectivity index (χ2v) is 15.4. The minimum absolute atomic E-state index is 0.0206. The Morgan fingerprint density at radius 1 is 0.848 bits per heavy atom. The first kappa shape index (κ1) is 33.2. The lowest BCUT2D eigenvalue weighted by Gasteiger charge is -2.48. The van der Waals surface area contributed by atoms with Crippen LogP contribution in [-0.2, 0) is 9.26 Å². The molecule has 0 aliphatic heterocycles. The molecule has 0 spiro atoms. The molecule has 10 heteroatoms. The molecule has 0 aliphatic rings. The molecule has 0 aliphatic carbocycles. The Labute approximate surface area is 213 Å². The number of rotatable bonds is 17. The zero-order chi connectivity index (χ0) is 26.0. The van der Waals surface area contributed by atoms with Gasteiger partial charge in [-0.05, 0) is 83.1 Å². The average molecular weight is 526 g/mol. The highest BCUT2D eigenvalue weighted by atomic mass is 33.1. The van der Waals surface area contributed by atoms with E-state index in [-0.39, 0.29) is 10.7 Å². The van der Waals surface area contributed by atoms with Crippen molar-refractivity contribution in [3.05, 3.63) is 0 Å². The maximum Gasteiger partial charge on any atom is 0.189 e. The van der Waals surface area contributed by atoms with Crippen molar-refractivity contribution >= 4 is 36.0 Å². The van der Waals surface area contributed by atoms with Gasteiger partial charge in [-0.1, -0.05) is 21.6 Å². The third-order valence-electron chi connectivity index (χ3n) is 4.49. The van der Waals surface area contributed by atoms with Crippen molar-refractivity contribution in [1.82, 2.24) is 9.34 Å². The van der Waals surface area contributed by atoms with Crippen LogP contribution >= 0.6 is 30.0 Å². The van der Waals surface area contributed by atoms with Gasteiger partial charge >= 0.3 is 0 Å². The van der Waals surface area contributed by atoms with Crippen LogP contribution in [0, 0.1) is 0 Å². The summed E-state index contributed by atoms with van der Waals surface area (Å²) in [6, 6.07) is 1.55. The molecule has 0 unspecified atom stereocenters. The topological polar surface area (TPSA) is 89.3 Å². The first-order valence-electron chi connectivity index (χ1n) is 12.0. The number of aliphatic imine (C=N–C) groups is 1. The third kappa shape index (κ3) is 13.8. The van der Waals surface area contributed by atoms with E-state index in [1.165, 1.54) is 0 Å². The SMILES string of the molecule is CC(C)N(C(C)C)P(OC(C)(C)COCC(C)(C)SSCCN=C(N)N)N(C(C)C)C(C)C. The van der Waals surface area contributed by atoms with Gasteiger partial charge in [0.2, 0.25) is 0 Å². The van der Waals surface area contributed by atoms with Gasteiger partial charge in [-0.25, -0.2) is 9.34 Å². The lowest BCUT2D eigenvalue weighted by Crippen LogP contribution is -2.46. The first-order valence-corrected chi connectivity index (χ1v) is 15.5. The van der Waals surface area contributed by atoms with Crippen LogP contribution in [0.2, 0.25) is 0 Å². The van der Waals surface area contributed by atoms with Crippen LogP contribution in [0.3, 0.4) is 0 Å². The van der Waals surface area contributed by atoms with Crippen LogP contribution in [0.25, 0.3) is 0 Å². The zero-order valence-corrected chi connectivity index (χ0v) is 25.7. The fourth-order valence-corrected chi connectivity index (χ4v) is 8.20. The fourth-order valence-electron chi connectivity index (χ4n) is 3.42. The van der Waals surface area contributed by atoms with E-state index in [1.807, 2.05) is 10.8 Å². The predicted molar refractivity (Wildman–Crippen MR) is 152 cm³/mol. The second-order valence-electron chi connectivity index (χ2n) is 10.7. The Morgan fingerprint density at radius 3 is 1.70 bits per heavy atom. The summed E-state index contributed by atoms with van der Waals surface area (Å²) in [6.45, 7) is 28.5. The molecule has 0 saturated heterocycles. The molecule has 0 heterocycles. The Balaban J connectivity index is 5.14. The van der Waals surface area contributed by atoms with Crippen molar-refractivity contribution in [3.8, 4) is 0 Å². The summed E-state index contributed by atoms with van der Waals surface area (Å²) in [5, 5.41) is 0. The van der Waals surface area contributed by atoms with Crippen LogP contribution < -0.4 is 11.5 Å². The van der Waals surface area contributed by atoms with Gasteiger partial charge in [0.1, 0.15) is 0 Å². The first-order chi connectivity index (χ1) is 15.0. The van der Waals surface area contributed by atoms with Gasteiger partial charge in [-0.15, -0.1) is 0 Å². The van der Waals surface area contributed by atoms with Crippen molar-refractivity contribution < 1.29 is 9.26 Å². The van der Waals surface area contributed by atoms with Gasteiger partial charge in [0.25, 0.3) is 0 Å². The highest BCUT2D eigenvalue weighted by Gasteiger charge is 2.38. The minimum atomic E-state index is -0.953. The zero-order valence-electron chi connectivity index (χ0n) is 23.2. The Kier molecular flexibility index (Phi) is 15.5. The molecule has 0 radical (unpaired) electrons. The van der Waals surface area contributed by atoms with Gasteiger partial charge in [-0.2, -0.15) is 0 Å². The summed E-state index contributed by atoms with van der Waals surface area (Å²) < 4.78 is 18.1. The van der Waals surface area contributed by atoms with Crippen LogP contribution in [0.5, 0.6) is 0 Å². The molecular weight excluding hydrogens is 473 g/mol. The van der Waals surface area contributed by atoms with Crippen molar-refractivity contribution in [2.24, 2.45) is 16.5 Å². The van der Waals surface area contributed by atoms with E-state index in [1.54, 1.807) is 10.8 Å². The number of nitrogens with two attached hydrogens (primary N) is 2. The number of ether oxygens (including phenoxy) is 1.